The van der Waals surface area contributed by atoms with Crippen LogP contribution in [0.5, 0.6) is 0 Å². The van der Waals surface area contributed by atoms with Crippen molar-refractivity contribution in [2.24, 2.45) is 0 Å². The Balaban J connectivity index is 2.05. The molecular formula is C14H13FN4O2. The summed E-state index contributed by atoms with van der Waals surface area (Å²) in [6, 6.07) is 4.12. The molecule has 1 heterocycles. The average molecular weight is 288 g/mol. The van der Waals surface area contributed by atoms with E-state index in [9.17, 15) is 9.18 Å². The molecule has 1 aromatic heterocycles. The second-order valence-electron chi connectivity index (χ2n) is 4.12. The minimum Gasteiger partial charge on any atom is -0.395 e. The van der Waals surface area contributed by atoms with Gasteiger partial charge in [0.1, 0.15) is 12.4 Å². The van der Waals surface area contributed by atoms with Gasteiger partial charge in [-0.05, 0) is 18.2 Å². The van der Waals surface area contributed by atoms with Crippen LogP contribution in [0.1, 0.15) is 12.0 Å². The van der Waals surface area contributed by atoms with E-state index in [0.717, 1.165) is 0 Å². The summed E-state index contributed by atoms with van der Waals surface area (Å²) in [6.07, 6.45) is 3.30. The van der Waals surface area contributed by atoms with E-state index < -0.39 is 5.82 Å². The largest absolute Gasteiger partial charge is 0.395 e. The molecule has 0 unspecified atom stereocenters. The monoisotopic (exact) mass is 288 g/mol. The number of aromatic nitrogens is 3. The number of aliphatic hydroxyl groups is 1. The first-order valence-electron chi connectivity index (χ1n) is 6.22. The van der Waals surface area contributed by atoms with Crippen molar-refractivity contribution in [3.8, 4) is 11.8 Å². The summed E-state index contributed by atoms with van der Waals surface area (Å²) in [6.45, 7) is -0.0636. The van der Waals surface area contributed by atoms with Crippen molar-refractivity contribution in [3.63, 3.8) is 0 Å². The van der Waals surface area contributed by atoms with Gasteiger partial charge in [0.2, 0.25) is 5.91 Å². The highest BCUT2D eigenvalue weighted by Gasteiger charge is 2.06. The molecule has 0 atom stereocenters. The lowest BCUT2D eigenvalue weighted by molar-refractivity contribution is -0.116. The highest BCUT2D eigenvalue weighted by molar-refractivity contribution is 5.90. The molecule has 0 aliphatic heterocycles. The number of halogens is 1. The number of carbonyl (C=O) groups is 1. The van der Waals surface area contributed by atoms with Gasteiger partial charge < -0.3 is 10.4 Å². The van der Waals surface area contributed by atoms with E-state index in [0.29, 0.717) is 5.69 Å². The number of hydrogen-bond acceptors (Lipinski definition) is 4. The fourth-order valence-electron chi connectivity index (χ4n) is 1.58. The third-order valence-electron chi connectivity index (χ3n) is 2.49. The van der Waals surface area contributed by atoms with Crippen LogP contribution in [0.4, 0.5) is 10.1 Å². The Morgan fingerprint density at radius 2 is 2.33 bits per heavy atom. The van der Waals surface area contributed by atoms with Crippen LogP contribution in [-0.2, 0) is 11.3 Å². The minimum absolute atomic E-state index is 0.0168. The summed E-state index contributed by atoms with van der Waals surface area (Å²) in [4.78, 5) is 11.8. The van der Waals surface area contributed by atoms with E-state index >= 15 is 0 Å². The standard InChI is InChI=1S/C14H13FN4O2/c15-13-5-4-12(9-11(13)3-1-2-8-20)17-14(21)10-19-7-6-16-18-19/h4-7,9,20H,2,8,10H2,(H,17,21). The number of nitrogens with zero attached hydrogens (tertiary/aromatic N) is 3. The van der Waals surface area contributed by atoms with Crippen molar-refractivity contribution < 1.29 is 14.3 Å². The van der Waals surface area contributed by atoms with E-state index in [1.165, 1.54) is 29.1 Å². The van der Waals surface area contributed by atoms with Crippen molar-refractivity contribution in [2.45, 2.75) is 13.0 Å². The lowest BCUT2D eigenvalue weighted by Crippen LogP contribution is -2.19. The van der Waals surface area contributed by atoms with Crippen LogP contribution in [-0.4, -0.2) is 32.6 Å². The Morgan fingerprint density at radius 3 is 3.05 bits per heavy atom. The van der Waals surface area contributed by atoms with Crippen LogP contribution in [0.25, 0.3) is 0 Å². The number of rotatable bonds is 4. The van der Waals surface area contributed by atoms with Crippen LogP contribution >= 0.6 is 0 Å². The number of carbonyl (C=O) groups excluding carboxylic acids is 1. The number of hydrogen-bond donors (Lipinski definition) is 2. The Kier molecular flexibility index (Phi) is 5.01. The molecule has 21 heavy (non-hydrogen) atoms. The average Bonchev–Trinajstić information content (AvgIpc) is 2.95. The summed E-state index contributed by atoms with van der Waals surface area (Å²) in [5.41, 5.74) is 0.608. The van der Waals surface area contributed by atoms with E-state index in [4.69, 9.17) is 5.11 Å². The Labute approximate surface area is 120 Å². The van der Waals surface area contributed by atoms with Crippen molar-refractivity contribution in [1.29, 1.82) is 0 Å². The summed E-state index contributed by atoms with van der Waals surface area (Å²) in [5.74, 6) is 4.46. The van der Waals surface area contributed by atoms with Gasteiger partial charge in [-0.3, -0.25) is 4.79 Å². The zero-order valence-corrected chi connectivity index (χ0v) is 11.1. The highest BCUT2D eigenvalue weighted by Crippen LogP contribution is 2.14. The topological polar surface area (TPSA) is 80.0 Å². The lowest BCUT2D eigenvalue weighted by atomic mass is 10.2. The third-order valence-corrected chi connectivity index (χ3v) is 2.49. The maximum absolute atomic E-state index is 13.5. The van der Waals surface area contributed by atoms with Crippen LogP contribution in [0.3, 0.4) is 0 Å². The molecule has 0 radical (unpaired) electrons. The molecule has 0 spiro atoms. The first-order valence-corrected chi connectivity index (χ1v) is 6.22. The quantitative estimate of drug-likeness (QED) is 0.815. The van der Waals surface area contributed by atoms with Crippen molar-refractivity contribution in [3.05, 3.63) is 42.0 Å². The first-order chi connectivity index (χ1) is 10.2. The smallest absolute Gasteiger partial charge is 0.246 e. The van der Waals surface area contributed by atoms with Crippen molar-refractivity contribution >= 4 is 11.6 Å². The molecule has 0 bridgehead atoms. The van der Waals surface area contributed by atoms with E-state index in [-0.39, 0.29) is 31.0 Å². The zero-order valence-electron chi connectivity index (χ0n) is 11.1. The maximum Gasteiger partial charge on any atom is 0.246 e. The van der Waals surface area contributed by atoms with Gasteiger partial charge >= 0.3 is 0 Å². The number of aliphatic hydroxyl groups excluding tert-OH is 1. The molecule has 2 rings (SSSR count). The second-order valence-corrected chi connectivity index (χ2v) is 4.12. The molecule has 2 aromatic rings. The van der Waals surface area contributed by atoms with Gasteiger partial charge in [-0.1, -0.05) is 17.1 Å². The summed E-state index contributed by atoms with van der Waals surface area (Å²) in [5, 5.41) is 18.5. The van der Waals surface area contributed by atoms with E-state index in [1.54, 1.807) is 6.20 Å². The number of amides is 1. The normalized spacial score (nSPS) is 9.81. The minimum atomic E-state index is -0.477. The van der Waals surface area contributed by atoms with Crippen LogP contribution in [0, 0.1) is 17.7 Å². The van der Waals surface area contributed by atoms with Crippen molar-refractivity contribution in [2.75, 3.05) is 11.9 Å². The summed E-state index contributed by atoms with van der Waals surface area (Å²) >= 11 is 0. The highest BCUT2D eigenvalue weighted by atomic mass is 19.1. The third kappa shape index (κ3) is 4.40. The molecule has 0 saturated carbocycles. The van der Waals surface area contributed by atoms with Gasteiger partial charge in [0.15, 0.2) is 0 Å². The van der Waals surface area contributed by atoms with Crippen LogP contribution in [0.2, 0.25) is 0 Å². The number of nitrogens with one attached hydrogen (secondary N) is 1. The SMILES string of the molecule is O=C(Cn1ccnn1)Nc1ccc(F)c(C#CCCO)c1. The van der Waals surface area contributed by atoms with Gasteiger partial charge in [-0.2, -0.15) is 0 Å². The molecule has 1 aromatic carbocycles. The number of benzene rings is 1. The van der Waals surface area contributed by atoms with E-state index in [2.05, 4.69) is 27.5 Å². The Bertz CT molecular complexity index is 674. The zero-order chi connectivity index (χ0) is 15.1. The Hall–Kier alpha value is -2.72. The number of anilines is 1. The maximum atomic E-state index is 13.5. The Morgan fingerprint density at radius 1 is 1.48 bits per heavy atom. The molecule has 2 N–H and O–H groups in total. The van der Waals surface area contributed by atoms with Crippen molar-refractivity contribution in [1.82, 2.24) is 15.0 Å². The molecule has 0 fully saturated rings. The van der Waals surface area contributed by atoms with Gasteiger partial charge in [-0.25, -0.2) is 9.07 Å². The molecule has 7 heteroatoms. The molecule has 0 saturated heterocycles. The second kappa shape index (κ2) is 7.17. The first kappa shape index (κ1) is 14.7. The molecule has 0 aliphatic rings. The van der Waals surface area contributed by atoms with Gasteiger partial charge in [0.05, 0.1) is 18.4 Å². The molecular weight excluding hydrogens is 275 g/mol. The van der Waals surface area contributed by atoms with Gasteiger partial charge in [0.25, 0.3) is 0 Å². The molecule has 108 valence electrons. The molecule has 1 amide bonds. The summed E-state index contributed by atoms with van der Waals surface area (Å²) < 4.78 is 14.9. The van der Waals surface area contributed by atoms with Gasteiger partial charge in [-0.15, -0.1) is 5.10 Å². The molecule has 6 nitrogen and oxygen atoms in total. The molecule has 0 aliphatic carbocycles. The van der Waals surface area contributed by atoms with E-state index in [1.807, 2.05) is 0 Å². The van der Waals surface area contributed by atoms with Crippen LogP contribution < -0.4 is 5.32 Å². The lowest BCUT2D eigenvalue weighted by Gasteiger charge is -2.06. The van der Waals surface area contributed by atoms with Crippen LogP contribution in [0.15, 0.2) is 30.6 Å². The predicted octanol–water partition coefficient (Wildman–Crippen LogP) is 0.790. The fourth-order valence-corrected chi connectivity index (χ4v) is 1.58. The van der Waals surface area contributed by atoms with Gasteiger partial charge in [0, 0.05) is 18.3 Å². The summed E-state index contributed by atoms with van der Waals surface area (Å²) in [7, 11) is 0. The fraction of sp³-hybridized carbons (Fsp3) is 0.214. The predicted molar refractivity (Wildman–Crippen MR) is 73.6 cm³/mol.